The summed E-state index contributed by atoms with van der Waals surface area (Å²) in [7, 11) is -21.1. The molecule has 9 heterocycles. The number of imidazole rings is 3. The Kier molecular flexibility index (Phi) is 15.3. The standard InChI is InChI=1S/C33H45N15O24P4/c1-45-10-48(26-16(45)28(53)44-33(36)42-26)30-19(51)20(62-2)12(68-30)5-65-74(56,57)71-76(60,61)72-75(58,59)66-6-13-21(22(63-3)31(69-13)46-8-39-14-23(34)37-7-38-24(14)46)70-73(54,55)64-4-11-17(49)18(50)29(67-11)47-9-40-15-25(47)41-32(35)43-27(15)52/h7-13,17-22,29-31,49-51H,4-6H2,1-3H3,(H11-,34,35,36,37,38,41,42,43,44,52,53,54,55,56,57,58,59,60,61)/p-3/t11-,12-,13-,17+,18?,19+,20?,21+,22?,29-,30-,31-/m1/s1. The van der Waals surface area contributed by atoms with E-state index in [0.717, 1.165) is 42.3 Å². The molecule has 6 aromatic heterocycles. The number of fused-ring (bicyclic) bond motifs is 3. The van der Waals surface area contributed by atoms with Crippen molar-refractivity contribution in [1.29, 1.82) is 0 Å². The Balaban J connectivity index is 0.866. The number of rotatable bonds is 20. The van der Waals surface area contributed by atoms with Crippen molar-refractivity contribution in [1.82, 2.24) is 53.6 Å². The first-order valence-corrected chi connectivity index (χ1v) is 27.3. The summed E-state index contributed by atoms with van der Waals surface area (Å²) in [5, 5.41) is 32.7. The quantitative estimate of drug-likeness (QED) is 0.0260. The number of phosphoric acid groups is 4. The number of hydrogen-bond acceptors (Lipinski definition) is 33. The van der Waals surface area contributed by atoms with E-state index in [0.29, 0.717) is 0 Å². The summed E-state index contributed by atoms with van der Waals surface area (Å²) in [6, 6.07) is 0. The zero-order valence-corrected chi connectivity index (χ0v) is 42.3. The highest BCUT2D eigenvalue weighted by Gasteiger charge is 2.52. The zero-order chi connectivity index (χ0) is 55.0. The van der Waals surface area contributed by atoms with Crippen molar-refractivity contribution >= 4 is 82.5 Å². The molecule has 6 aromatic rings. The van der Waals surface area contributed by atoms with Gasteiger partial charge in [-0.1, -0.05) is 4.98 Å². The van der Waals surface area contributed by atoms with Crippen LogP contribution in [0.1, 0.15) is 18.7 Å². The molecule has 0 radical (unpaired) electrons. The lowest BCUT2D eigenvalue weighted by atomic mass is 10.1. The van der Waals surface area contributed by atoms with Crippen molar-refractivity contribution < 1.29 is 108 Å². The van der Waals surface area contributed by atoms with Crippen LogP contribution in [0.15, 0.2) is 34.9 Å². The smallest absolute Gasteiger partial charge is 0.313 e. The summed E-state index contributed by atoms with van der Waals surface area (Å²) in [4.78, 5) is 106. The minimum absolute atomic E-state index is 0.00288. The lowest BCUT2D eigenvalue weighted by molar-refractivity contribution is -0.745. The predicted molar refractivity (Wildman–Crippen MR) is 235 cm³/mol. The molecule has 76 heavy (non-hydrogen) atoms. The van der Waals surface area contributed by atoms with Gasteiger partial charge in [0.05, 0.1) is 39.5 Å². The first-order valence-electron chi connectivity index (χ1n) is 21.5. The maximum Gasteiger partial charge on any atom is 0.313 e. The van der Waals surface area contributed by atoms with Crippen LogP contribution in [0.2, 0.25) is 0 Å². The SMILES string of the molecule is COC1[C@@H](OP(=O)([O-])OC[C@H]2O[C@@H](n3cnc4c(=O)[nH]c(N)nc43)C(O)[C@H]2O)[C@@H](COP(=O)([O-])OP(=O)([O-])OP(=O)([O-])OC[C@H]2O[C@@H]([n+]3cn(C)c4c(=O)[nH]c(N)nc43)[C@@H](O)C2OC)O[C@H]1n1cnc2c(N)ncnc21. The van der Waals surface area contributed by atoms with E-state index in [1.165, 1.54) is 22.5 Å². The number of aryl methyl sites for hydroxylation is 1. The topological polar surface area (TPSA) is 563 Å². The van der Waals surface area contributed by atoms with Gasteiger partial charge in [-0.2, -0.15) is 4.98 Å². The normalized spacial score (nSPS) is 30.2. The van der Waals surface area contributed by atoms with E-state index in [1.807, 2.05) is 0 Å². The number of anilines is 3. The molecular weight excluding hydrogens is 1110 g/mol. The Morgan fingerprint density at radius 1 is 0.671 bits per heavy atom. The third-order valence-electron chi connectivity index (χ3n) is 11.8. The third-order valence-corrected chi connectivity index (χ3v) is 16.9. The molecule has 0 bridgehead atoms. The Morgan fingerprint density at radius 2 is 1.24 bits per heavy atom. The van der Waals surface area contributed by atoms with E-state index < -0.39 is 136 Å². The van der Waals surface area contributed by atoms with Gasteiger partial charge in [0.1, 0.15) is 66.8 Å². The van der Waals surface area contributed by atoms with Crippen molar-refractivity contribution in [3.8, 4) is 0 Å². The van der Waals surface area contributed by atoms with Gasteiger partial charge in [0.2, 0.25) is 17.7 Å². The summed E-state index contributed by atoms with van der Waals surface area (Å²) in [6.45, 7) is -3.57. The lowest BCUT2D eigenvalue weighted by Gasteiger charge is -2.35. The highest BCUT2D eigenvalue weighted by atomic mass is 31.3. The van der Waals surface area contributed by atoms with Crippen molar-refractivity contribution in [3.63, 3.8) is 0 Å². The molecule has 3 saturated heterocycles. The molecule has 0 amide bonds. The van der Waals surface area contributed by atoms with Crippen LogP contribution >= 0.6 is 31.3 Å². The zero-order valence-electron chi connectivity index (χ0n) is 38.8. The van der Waals surface area contributed by atoms with Gasteiger partial charge in [-0.15, -0.1) is 0 Å². The number of methoxy groups -OCH3 is 2. The second kappa shape index (κ2) is 20.9. The van der Waals surface area contributed by atoms with E-state index in [4.69, 9.17) is 54.5 Å². The molecule has 416 valence electrons. The van der Waals surface area contributed by atoms with Gasteiger partial charge in [0, 0.05) is 14.2 Å². The number of hydrogen-bond donors (Lipinski definition) is 8. The molecule has 3 aliphatic rings. The predicted octanol–water partition coefficient (Wildman–Crippen LogP) is -6.58. The summed E-state index contributed by atoms with van der Waals surface area (Å²) < 4.78 is 113. The van der Waals surface area contributed by atoms with Crippen LogP contribution in [0.5, 0.6) is 0 Å². The molecule has 0 aromatic carbocycles. The van der Waals surface area contributed by atoms with Crippen LogP contribution in [0.25, 0.3) is 33.5 Å². The Hall–Kier alpha value is -5.15. The lowest BCUT2D eigenvalue weighted by Crippen LogP contribution is -2.46. The Morgan fingerprint density at radius 3 is 1.89 bits per heavy atom. The maximum atomic E-state index is 13.6. The fourth-order valence-corrected chi connectivity index (χ4v) is 12.9. The van der Waals surface area contributed by atoms with Gasteiger partial charge in [0.25, 0.3) is 48.4 Å². The van der Waals surface area contributed by atoms with Crippen LogP contribution in [0, 0.1) is 0 Å². The average molecular weight is 1160 g/mol. The number of aromatic amines is 2. The number of H-pyrrole nitrogens is 2. The van der Waals surface area contributed by atoms with E-state index in [9.17, 15) is 62.7 Å². The summed E-state index contributed by atoms with van der Waals surface area (Å²) in [5.41, 5.74) is 15.4. The van der Waals surface area contributed by atoms with Gasteiger partial charge in [-0.05, 0) is 0 Å². The van der Waals surface area contributed by atoms with E-state index in [-0.39, 0.29) is 51.2 Å². The fraction of sp³-hybridized carbons (Fsp3) is 0.545. The monoisotopic (exact) mass is 1160 g/mol. The second-order valence-corrected chi connectivity index (χ2v) is 22.5. The van der Waals surface area contributed by atoms with Crippen LogP contribution in [0.3, 0.4) is 0 Å². The average Bonchev–Trinajstić information content (AvgIpc) is 4.18. The van der Waals surface area contributed by atoms with E-state index in [2.05, 4.69) is 53.0 Å². The molecule has 11 N–H and O–H groups in total. The Bertz CT molecular complexity index is 3490. The number of aliphatic hydroxyl groups is 3. The number of nitrogen functional groups attached to an aromatic ring is 3. The highest BCUT2D eigenvalue weighted by Crippen LogP contribution is 2.63. The van der Waals surface area contributed by atoms with E-state index >= 15 is 0 Å². The van der Waals surface area contributed by atoms with Crippen molar-refractivity contribution in [3.05, 3.63) is 46.0 Å². The summed E-state index contributed by atoms with van der Waals surface area (Å²) in [6.07, 6.45) is -15.4. The van der Waals surface area contributed by atoms with Crippen molar-refractivity contribution in [2.75, 3.05) is 51.2 Å². The molecule has 0 aliphatic carbocycles. The maximum absolute atomic E-state index is 13.6. The molecule has 0 saturated carbocycles. The molecular formula is C33H42N15O24P4-3. The van der Waals surface area contributed by atoms with Crippen molar-refractivity contribution in [2.24, 2.45) is 7.05 Å². The number of aromatic nitrogens is 12. The van der Waals surface area contributed by atoms with Crippen LogP contribution in [-0.4, -0.2) is 158 Å². The minimum atomic E-state index is -6.56. The minimum Gasteiger partial charge on any atom is -0.756 e. The highest BCUT2D eigenvalue weighted by molar-refractivity contribution is 7.65. The Labute approximate surface area is 421 Å². The molecule has 16 atom stereocenters. The molecule has 3 aliphatic heterocycles. The number of nitrogens with two attached hydrogens (primary N) is 3. The van der Waals surface area contributed by atoms with Crippen molar-refractivity contribution in [2.45, 2.75) is 73.6 Å². The van der Waals surface area contributed by atoms with Crippen LogP contribution in [-0.2, 0) is 75.7 Å². The third kappa shape index (κ3) is 11.0. The molecule has 0 spiro atoms. The fourth-order valence-electron chi connectivity index (χ4n) is 8.54. The van der Waals surface area contributed by atoms with Gasteiger partial charge in [-0.25, -0.2) is 33.1 Å². The first-order chi connectivity index (χ1) is 35.7. The molecule has 39 nitrogen and oxygen atoms in total. The first kappa shape index (κ1) is 55.6. The number of phosphoric ester groups is 3. The second-order valence-electron chi connectivity index (χ2n) is 16.6. The van der Waals surface area contributed by atoms with Gasteiger partial charge >= 0.3 is 5.65 Å². The van der Waals surface area contributed by atoms with Crippen LogP contribution < -0.4 is 52.5 Å². The number of nitrogens with zero attached hydrogens (tertiary/aromatic N) is 10. The van der Waals surface area contributed by atoms with E-state index in [1.54, 1.807) is 0 Å². The molecule has 3 fully saturated rings. The van der Waals surface area contributed by atoms with Gasteiger partial charge < -0.3 is 93.9 Å². The summed E-state index contributed by atoms with van der Waals surface area (Å²) in [5.74, 6) is -0.738. The summed E-state index contributed by atoms with van der Waals surface area (Å²) >= 11 is 0. The number of nitrogens with one attached hydrogen (secondary N) is 2. The number of ether oxygens (including phenoxy) is 5. The molecule has 7 unspecified atom stereocenters. The number of aliphatic hydroxyl groups excluding tert-OH is 3. The molecule has 43 heteroatoms. The van der Waals surface area contributed by atoms with Crippen LogP contribution in [0.4, 0.5) is 17.7 Å². The largest absolute Gasteiger partial charge is 0.756 e. The molecule has 9 rings (SSSR count). The van der Waals surface area contributed by atoms with Gasteiger partial charge in [0.15, 0.2) is 41.4 Å². The van der Waals surface area contributed by atoms with Gasteiger partial charge in [-0.3, -0.25) is 51.5 Å².